The van der Waals surface area contributed by atoms with Gasteiger partial charge in [0, 0.05) is 37.4 Å². The van der Waals surface area contributed by atoms with Gasteiger partial charge in [-0.15, -0.1) is 0 Å². The number of nitrogens with zero attached hydrogens (tertiary/aromatic N) is 6. The van der Waals surface area contributed by atoms with Crippen molar-refractivity contribution in [2.24, 2.45) is 0 Å². The first-order chi connectivity index (χ1) is 16.6. The fraction of sp³-hybridized carbons (Fsp3) is 0.500. The van der Waals surface area contributed by atoms with Crippen molar-refractivity contribution in [3.05, 3.63) is 30.5 Å². The van der Waals surface area contributed by atoms with E-state index < -0.39 is 0 Å². The molecule has 2 bridgehead atoms. The molecule has 0 saturated carbocycles. The third-order valence-electron chi connectivity index (χ3n) is 7.19. The number of methoxy groups -OCH3 is 1. The minimum Gasteiger partial charge on any atom is -0.453 e. The Morgan fingerprint density at radius 2 is 1.76 bits per heavy atom. The molecule has 3 fully saturated rings. The molecule has 3 aromatic rings. The quantitative estimate of drug-likeness (QED) is 0.590. The molecule has 34 heavy (non-hydrogen) atoms. The molecule has 0 spiro atoms. The minimum atomic E-state index is -0.277. The number of nitrogens with two attached hydrogens (primary N) is 1. The summed E-state index contributed by atoms with van der Waals surface area (Å²) in [5, 5.41) is 5.72. The molecule has 2 atom stereocenters. The van der Waals surface area contributed by atoms with Gasteiger partial charge in [-0.05, 0) is 49.9 Å². The second-order valence-electron chi connectivity index (χ2n) is 9.37. The van der Waals surface area contributed by atoms with Gasteiger partial charge in [-0.25, -0.2) is 19.4 Å². The van der Waals surface area contributed by atoms with E-state index in [0.29, 0.717) is 24.6 Å². The van der Waals surface area contributed by atoms with E-state index in [1.54, 1.807) is 4.90 Å². The molecule has 3 aliphatic rings. The molecule has 178 valence electrons. The van der Waals surface area contributed by atoms with E-state index in [1.807, 2.05) is 35.1 Å². The van der Waals surface area contributed by atoms with Gasteiger partial charge in [-0.1, -0.05) is 0 Å². The predicted octanol–water partition coefficient (Wildman–Crippen LogP) is 2.85. The molecule has 0 radical (unpaired) electrons. The SMILES string of the molecule is COC(=O)N1CCC(n2ncc3c(N4CC5CCC(C4)O5)nc(-c4ccc(N)cc4)nc32)CC1. The summed E-state index contributed by atoms with van der Waals surface area (Å²) in [6.45, 7) is 2.92. The number of nitrogen functional groups attached to an aromatic ring is 1. The van der Waals surface area contributed by atoms with Gasteiger partial charge in [0.2, 0.25) is 0 Å². The Morgan fingerprint density at radius 1 is 1.06 bits per heavy atom. The standard InChI is InChI=1S/C24H29N7O3/c1-33-24(32)29-10-8-17(9-11-29)31-23-20(12-26-31)22(30-13-18-6-7-19(14-30)34-18)27-21(28-23)15-2-4-16(25)5-3-15/h2-5,12,17-19H,6-11,13-14,25H2,1H3. The first kappa shape index (κ1) is 21.2. The molecular formula is C24H29N7O3. The normalized spacial score (nSPS) is 23.0. The van der Waals surface area contributed by atoms with Crippen LogP contribution < -0.4 is 10.6 Å². The van der Waals surface area contributed by atoms with Crippen LogP contribution in [0.1, 0.15) is 31.7 Å². The van der Waals surface area contributed by atoms with E-state index in [-0.39, 0.29) is 24.3 Å². The van der Waals surface area contributed by atoms with E-state index >= 15 is 0 Å². The van der Waals surface area contributed by atoms with Gasteiger partial charge in [0.25, 0.3) is 0 Å². The van der Waals surface area contributed by atoms with Crippen molar-refractivity contribution in [2.45, 2.75) is 43.9 Å². The number of hydrogen-bond donors (Lipinski definition) is 1. The lowest BCUT2D eigenvalue weighted by atomic mass is 10.1. The lowest BCUT2D eigenvalue weighted by Crippen LogP contribution is -2.43. The third-order valence-corrected chi connectivity index (χ3v) is 7.19. The van der Waals surface area contributed by atoms with Crippen LogP contribution >= 0.6 is 0 Å². The minimum absolute atomic E-state index is 0.154. The van der Waals surface area contributed by atoms with Crippen molar-refractivity contribution >= 4 is 28.6 Å². The molecule has 6 rings (SSSR count). The van der Waals surface area contributed by atoms with E-state index in [2.05, 4.69) is 4.90 Å². The molecule has 3 aliphatic heterocycles. The number of anilines is 2. The van der Waals surface area contributed by atoms with Crippen LogP contribution in [0.2, 0.25) is 0 Å². The summed E-state index contributed by atoms with van der Waals surface area (Å²) < 4.78 is 13.0. The van der Waals surface area contributed by atoms with Crippen molar-refractivity contribution in [2.75, 3.05) is 43.9 Å². The molecule has 5 heterocycles. The van der Waals surface area contributed by atoms with Gasteiger partial charge in [-0.2, -0.15) is 5.10 Å². The fourth-order valence-electron chi connectivity index (χ4n) is 5.39. The van der Waals surface area contributed by atoms with Crippen LogP contribution in [0, 0.1) is 0 Å². The summed E-state index contributed by atoms with van der Waals surface area (Å²) in [5.74, 6) is 1.57. The number of rotatable bonds is 3. The first-order valence-corrected chi connectivity index (χ1v) is 11.9. The molecule has 0 aliphatic carbocycles. The molecule has 2 unspecified atom stereocenters. The largest absolute Gasteiger partial charge is 0.453 e. The summed E-state index contributed by atoms with van der Waals surface area (Å²) in [4.78, 5) is 26.0. The highest BCUT2D eigenvalue weighted by Crippen LogP contribution is 2.35. The van der Waals surface area contributed by atoms with Crippen molar-refractivity contribution < 1.29 is 14.3 Å². The smallest absolute Gasteiger partial charge is 0.409 e. The highest BCUT2D eigenvalue weighted by atomic mass is 16.5. The Balaban J connectivity index is 1.40. The lowest BCUT2D eigenvalue weighted by Gasteiger charge is -2.33. The average molecular weight is 464 g/mol. The van der Waals surface area contributed by atoms with Crippen LogP contribution in [-0.2, 0) is 9.47 Å². The number of carbonyl (C=O) groups excluding carboxylic acids is 1. The Morgan fingerprint density at radius 3 is 2.44 bits per heavy atom. The lowest BCUT2D eigenvalue weighted by molar-refractivity contribution is 0.0303. The summed E-state index contributed by atoms with van der Waals surface area (Å²) in [6, 6.07) is 7.81. The predicted molar refractivity (Wildman–Crippen MR) is 128 cm³/mol. The highest BCUT2D eigenvalue weighted by molar-refractivity contribution is 5.89. The Kier molecular flexibility index (Phi) is 5.24. The number of likely N-dealkylation sites (tertiary alicyclic amines) is 1. The topological polar surface area (TPSA) is 112 Å². The number of hydrogen-bond acceptors (Lipinski definition) is 8. The Bertz CT molecular complexity index is 1190. The molecular weight excluding hydrogens is 434 g/mol. The van der Waals surface area contributed by atoms with Gasteiger partial charge in [0.05, 0.1) is 36.9 Å². The number of ether oxygens (including phenoxy) is 2. The highest BCUT2D eigenvalue weighted by Gasteiger charge is 2.36. The van der Waals surface area contributed by atoms with Crippen molar-refractivity contribution in [1.29, 1.82) is 0 Å². The second-order valence-corrected chi connectivity index (χ2v) is 9.37. The van der Waals surface area contributed by atoms with Crippen LogP contribution in [0.15, 0.2) is 30.5 Å². The van der Waals surface area contributed by atoms with E-state index in [0.717, 1.165) is 61.2 Å². The van der Waals surface area contributed by atoms with E-state index in [4.69, 9.17) is 30.3 Å². The fourth-order valence-corrected chi connectivity index (χ4v) is 5.39. The maximum atomic E-state index is 11.9. The number of carbonyl (C=O) groups is 1. The number of morpholine rings is 1. The molecule has 3 saturated heterocycles. The molecule has 2 aromatic heterocycles. The average Bonchev–Trinajstić information content (AvgIpc) is 3.45. The number of piperidine rings is 1. The zero-order valence-electron chi connectivity index (χ0n) is 19.3. The van der Waals surface area contributed by atoms with Crippen LogP contribution in [0.25, 0.3) is 22.4 Å². The molecule has 1 amide bonds. The summed E-state index contributed by atoms with van der Waals surface area (Å²) in [7, 11) is 1.42. The van der Waals surface area contributed by atoms with Gasteiger partial charge >= 0.3 is 6.09 Å². The van der Waals surface area contributed by atoms with E-state index in [9.17, 15) is 4.79 Å². The van der Waals surface area contributed by atoms with Crippen LogP contribution in [0.3, 0.4) is 0 Å². The monoisotopic (exact) mass is 463 g/mol. The van der Waals surface area contributed by atoms with Gasteiger partial charge in [-0.3, -0.25) is 0 Å². The maximum absolute atomic E-state index is 11.9. The number of benzene rings is 1. The molecule has 2 N–H and O–H groups in total. The van der Waals surface area contributed by atoms with Crippen molar-refractivity contribution in [3.8, 4) is 11.4 Å². The zero-order valence-corrected chi connectivity index (χ0v) is 19.3. The first-order valence-electron chi connectivity index (χ1n) is 11.9. The second kappa shape index (κ2) is 8.43. The summed E-state index contributed by atoms with van der Waals surface area (Å²) in [6.07, 6.45) is 5.90. The van der Waals surface area contributed by atoms with Crippen LogP contribution in [-0.4, -0.2) is 76.2 Å². The maximum Gasteiger partial charge on any atom is 0.409 e. The number of amides is 1. The molecule has 10 nitrogen and oxygen atoms in total. The number of aromatic nitrogens is 4. The summed E-state index contributed by atoms with van der Waals surface area (Å²) >= 11 is 0. The van der Waals surface area contributed by atoms with Crippen molar-refractivity contribution in [1.82, 2.24) is 24.6 Å². The molecule has 1 aromatic carbocycles. The zero-order chi connectivity index (χ0) is 23.2. The summed E-state index contributed by atoms with van der Waals surface area (Å²) in [5.41, 5.74) is 8.36. The van der Waals surface area contributed by atoms with Crippen LogP contribution in [0.5, 0.6) is 0 Å². The van der Waals surface area contributed by atoms with Gasteiger partial charge in [0.15, 0.2) is 11.5 Å². The third kappa shape index (κ3) is 3.71. The van der Waals surface area contributed by atoms with E-state index in [1.165, 1.54) is 7.11 Å². The van der Waals surface area contributed by atoms with Crippen LogP contribution in [0.4, 0.5) is 16.3 Å². The Labute approximate surface area is 197 Å². The van der Waals surface area contributed by atoms with Gasteiger partial charge in [0.1, 0.15) is 5.82 Å². The van der Waals surface area contributed by atoms with Crippen molar-refractivity contribution in [3.63, 3.8) is 0 Å². The van der Waals surface area contributed by atoms with Gasteiger partial charge < -0.3 is 25.0 Å². The molecule has 10 heteroatoms. The Hall–Kier alpha value is -3.40. The number of fused-ring (bicyclic) bond motifs is 3.